The van der Waals surface area contributed by atoms with Crippen LogP contribution in [0.3, 0.4) is 0 Å². The van der Waals surface area contributed by atoms with E-state index in [1.807, 2.05) is 12.4 Å². The maximum atomic E-state index is 5.60. The zero-order valence-corrected chi connectivity index (χ0v) is 10.8. The first kappa shape index (κ1) is 11.9. The fourth-order valence-corrected chi connectivity index (χ4v) is 2.39. The molecule has 0 saturated carbocycles. The number of fused-ring (bicyclic) bond motifs is 1. The number of aromatic nitrogens is 2. The summed E-state index contributed by atoms with van der Waals surface area (Å²) in [6.07, 6.45) is 6.74. The lowest BCUT2D eigenvalue weighted by molar-refractivity contribution is 0.834. The van der Waals surface area contributed by atoms with Gasteiger partial charge < -0.3 is 10.3 Å². The molecule has 0 aliphatic carbocycles. The summed E-state index contributed by atoms with van der Waals surface area (Å²) in [5.41, 5.74) is 9.43. The molecule has 2 N–H and O–H groups in total. The Kier molecular flexibility index (Phi) is 3.29. The van der Waals surface area contributed by atoms with Crippen molar-refractivity contribution in [2.24, 2.45) is 5.73 Å². The molecule has 0 unspecified atom stereocenters. The number of rotatable bonds is 4. The lowest BCUT2D eigenvalue weighted by Gasteiger charge is -2.06. The molecule has 3 rings (SSSR count). The van der Waals surface area contributed by atoms with Crippen LogP contribution in [0.25, 0.3) is 10.9 Å². The monoisotopic (exact) mass is 251 g/mol. The van der Waals surface area contributed by atoms with Crippen molar-refractivity contribution in [3.8, 4) is 0 Å². The Balaban J connectivity index is 1.93. The smallest absolute Gasteiger partial charge is 0.0483 e. The van der Waals surface area contributed by atoms with E-state index in [9.17, 15) is 0 Å². The van der Waals surface area contributed by atoms with Crippen molar-refractivity contribution in [3.63, 3.8) is 0 Å². The summed E-state index contributed by atoms with van der Waals surface area (Å²) in [6.45, 7) is 1.57. The molecule has 3 heteroatoms. The Morgan fingerprint density at radius 1 is 1.00 bits per heavy atom. The van der Waals surface area contributed by atoms with Gasteiger partial charge in [0.05, 0.1) is 0 Å². The molecule has 96 valence electrons. The number of hydrogen-bond acceptors (Lipinski definition) is 2. The van der Waals surface area contributed by atoms with Gasteiger partial charge in [-0.1, -0.05) is 6.07 Å². The highest BCUT2D eigenvalue weighted by molar-refractivity contribution is 5.81. The molecule has 19 heavy (non-hydrogen) atoms. The van der Waals surface area contributed by atoms with Gasteiger partial charge in [-0.05, 0) is 59.8 Å². The van der Waals surface area contributed by atoms with Crippen molar-refractivity contribution < 1.29 is 0 Å². The zero-order chi connectivity index (χ0) is 13.1. The number of pyridine rings is 1. The van der Waals surface area contributed by atoms with Crippen molar-refractivity contribution in [1.29, 1.82) is 0 Å². The highest BCUT2D eigenvalue weighted by atomic mass is 14.9. The number of nitrogens with zero attached hydrogens (tertiary/aromatic N) is 2. The van der Waals surface area contributed by atoms with Crippen molar-refractivity contribution in [1.82, 2.24) is 9.55 Å². The summed E-state index contributed by atoms with van der Waals surface area (Å²) in [6, 6.07) is 12.8. The second kappa shape index (κ2) is 5.24. The van der Waals surface area contributed by atoms with Gasteiger partial charge in [-0.2, -0.15) is 0 Å². The third-order valence-corrected chi connectivity index (χ3v) is 3.37. The predicted molar refractivity (Wildman–Crippen MR) is 78.0 cm³/mol. The summed E-state index contributed by atoms with van der Waals surface area (Å²) in [5, 5.41) is 1.28. The van der Waals surface area contributed by atoms with E-state index in [1.54, 1.807) is 0 Å². The van der Waals surface area contributed by atoms with E-state index in [4.69, 9.17) is 5.73 Å². The summed E-state index contributed by atoms with van der Waals surface area (Å²) in [5.74, 6) is 0. The molecule has 0 aliphatic rings. The lowest BCUT2D eigenvalue weighted by Crippen LogP contribution is -2.02. The van der Waals surface area contributed by atoms with Crippen LogP contribution in [0.2, 0.25) is 0 Å². The minimum absolute atomic E-state index is 0.698. The minimum atomic E-state index is 0.698. The Morgan fingerprint density at radius 3 is 2.63 bits per heavy atom. The molecular weight excluding hydrogens is 234 g/mol. The Morgan fingerprint density at radius 2 is 1.84 bits per heavy atom. The molecule has 0 saturated heterocycles. The van der Waals surface area contributed by atoms with Gasteiger partial charge in [0.25, 0.3) is 0 Å². The molecule has 0 spiro atoms. The highest BCUT2D eigenvalue weighted by Gasteiger charge is 2.03. The minimum Gasteiger partial charge on any atom is -0.343 e. The van der Waals surface area contributed by atoms with E-state index in [0.717, 1.165) is 13.0 Å². The van der Waals surface area contributed by atoms with Crippen molar-refractivity contribution in [2.45, 2.75) is 13.0 Å². The van der Waals surface area contributed by atoms with Crippen LogP contribution in [0.15, 0.2) is 55.0 Å². The quantitative estimate of drug-likeness (QED) is 0.774. The molecule has 0 aliphatic heterocycles. The summed E-state index contributed by atoms with van der Waals surface area (Å²) in [4.78, 5) is 4.05. The molecule has 3 aromatic rings. The molecule has 0 amide bonds. The van der Waals surface area contributed by atoms with Gasteiger partial charge in [0.15, 0.2) is 0 Å². The van der Waals surface area contributed by atoms with Crippen molar-refractivity contribution >= 4 is 10.9 Å². The molecular formula is C16H17N3. The van der Waals surface area contributed by atoms with E-state index in [2.05, 4.69) is 52.1 Å². The van der Waals surface area contributed by atoms with Crippen LogP contribution in [0.4, 0.5) is 0 Å². The zero-order valence-electron chi connectivity index (χ0n) is 10.8. The second-order valence-electron chi connectivity index (χ2n) is 4.73. The van der Waals surface area contributed by atoms with Gasteiger partial charge in [0, 0.05) is 30.7 Å². The lowest BCUT2D eigenvalue weighted by atomic mass is 10.1. The normalized spacial score (nSPS) is 11.0. The van der Waals surface area contributed by atoms with Crippen LogP contribution in [-0.4, -0.2) is 16.1 Å². The van der Waals surface area contributed by atoms with Crippen LogP contribution in [0, 0.1) is 0 Å². The fourth-order valence-electron chi connectivity index (χ4n) is 2.39. The second-order valence-corrected chi connectivity index (χ2v) is 4.73. The maximum absolute atomic E-state index is 5.60. The predicted octanol–water partition coefficient (Wildman–Crippen LogP) is 2.59. The molecule has 2 aromatic heterocycles. The van der Waals surface area contributed by atoms with E-state index in [0.29, 0.717) is 6.54 Å². The summed E-state index contributed by atoms with van der Waals surface area (Å²) < 4.78 is 2.26. The number of benzene rings is 1. The molecule has 0 atom stereocenters. The van der Waals surface area contributed by atoms with Gasteiger partial charge in [-0.25, -0.2) is 0 Å². The van der Waals surface area contributed by atoms with Crippen LogP contribution in [0.5, 0.6) is 0 Å². The Hall–Kier alpha value is -2.13. The Bertz CT molecular complexity index is 671. The molecule has 3 nitrogen and oxygen atoms in total. The molecule has 0 fully saturated rings. The van der Waals surface area contributed by atoms with Crippen LogP contribution < -0.4 is 5.73 Å². The van der Waals surface area contributed by atoms with Gasteiger partial charge in [-0.3, -0.25) is 4.98 Å². The molecule has 2 heterocycles. The van der Waals surface area contributed by atoms with E-state index >= 15 is 0 Å². The molecule has 1 aromatic carbocycles. The van der Waals surface area contributed by atoms with Gasteiger partial charge in [-0.15, -0.1) is 0 Å². The van der Waals surface area contributed by atoms with Crippen molar-refractivity contribution in [2.75, 3.05) is 6.54 Å². The first-order valence-electron chi connectivity index (χ1n) is 6.53. The third kappa shape index (κ3) is 2.51. The van der Waals surface area contributed by atoms with Gasteiger partial charge in [0.2, 0.25) is 0 Å². The molecule has 0 bridgehead atoms. The first-order valence-corrected chi connectivity index (χ1v) is 6.53. The van der Waals surface area contributed by atoms with Gasteiger partial charge >= 0.3 is 0 Å². The van der Waals surface area contributed by atoms with Crippen LogP contribution >= 0.6 is 0 Å². The SMILES string of the molecule is NCCc1ccc2c(ccn2Cc2ccncc2)c1. The van der Waals surface area contributed by atoms with Gasteiger partial charge in [0.1, 0.15) is 0 Å². The summed E-state index contributed by atoms with van der Waals surface area (Å²) >= 11 is 0. The highest BCUT2D eigenvalue weighted by Crippen LogP contribution is 2.19. The standard InChI is InChI=1S/C16H17N3/c17-7-3-13-1-2-16-15(11-13)6-10-19(16)12-14-4-8-18-9-5-14/h1-2,4-6,8-11H,3,7,12,17H2. The third-order valence-electron chi connectivity index (χ3n) is 3.37. The molecule has 0 radical (unpaired) electrons. The number of nitrogens with two attached hydrogens (primary N) is 1. The maximum Gasteiger partial charge on any atom is 0.0483 e. The average Bonchev–Trinajstić information content (AvgIpc) is 2.83. The van der Waals surface area contributed by atoms with Crippen LogP contribution in [0.1, 0.15) is 11.1 Å². The fraction of sp³-hybridized carbons (Fsp3) is 0.188. The Labute approximate surface area is 112 Å². The average molecular weight is 251 g/mol. The van der Waals surface area contributed by atoms with E-state index in [-0.39, 0.29) is 0 Å². The largest absolute Gasteiger partial charge is 0.343 e. The van der Waals surface area contributed by atoms with Crippen molar-refractivity contribution in [3.05, 3.63) is 66.1 Å². The number of hydrogen-bond donors (Lipinski definition) is 1. The summed E-state index contributed by atoms with van der Waals surface area (Å²) in [7, 11) is 0. The first-order chi connectivity index (χ1) is 9.36. The van der Waals surface area contributed by atoms with E-state index in [1.165, 1.54) is 22.0 Å². The van der Waals surface area contributed by atoms with E-state index < -0.39 is 0 Å². The topological polar surface area (TPSA) is 43.8 Å². The van der Waals surface area contributed by atoms with Crippen LogP contribution in [-0.2, 0) is 13.0 Å².